The highest BCUT2D eigenvalue weighted by atomic mass is 16.2. The van der Waals surface area contributed by atoms with Gasteiger partial charge in [0.05, 0.1) is 6.04 Å². The quantitative estimate of drug-likeness (QED) is 0.788. The summed E-state index contributed by atoms with van der Waals surface area (Å²) in [5.41, 5.74) is 6.73. The van der Waals surface area contributed by atoms with Gasteiger partial charge in [0.15, 0.2) is 0 Å². The molecule has 2 aromatic heterocycles. The van der Waals surface area contributed by atoms with Crippen LogP contribution in [0.2, 0.25) is 0 Å². The van der Waals surface area contributed by atoms with E-state index in [-0.39, 0.29) is 17.5 Å². The van der Waals surface area contributed by atoms with Crippen molar-refractivity contribution >= 4 is 23.5 Å². The van der Waals surface area contributed by atoms with E-state index < -0.39 is 6.04 Å². The van der Waals surface area contributed by atoms with Gasteiger partial charge in [0, 0.05) is 6.20 Å². The number of aromatic nitrogens is 2. The second-order valence-corrected chi connectivity index (χ2v) is 4.86. The fraction of sp³-hybridized carbons (Fsp3) is 0.200. The van der Waals surface area contributed by atoms with Gasteiger partial charge in [0.2, 0.25) is 5.91 Å². The number of pyridine rings is 2. The number of aryl methyl sites for hydroxylation is 1. The van der Waals surface area contributed by atoms with Gasteiger partial charge in [-0.05, 0) is 37.6 Å². The maximum absolute atomic E-state index is 12.0. The van der Waals surface area contributed by atoms with Crippen molar-refractivity contribution in [3.05, 3.63) is 47.8 Å². The molecular formula is C15H17N5O2. The van der Waals surface area contributed by atoms with Gasteiger partial charge in [-0.3, -0.25) is 14.6 Å². The SMILES string of the molecule is Cc1ccc(C(=O)Nc2cccc(NC(=O)C(C)N)n2)nc1. The minimum atomic E-state index is -0.642. The average Bonchev–Trinajstić information content (AvgIpc) is 2.48. The van der Waals surface area contributed by atoms with E-state index in [2.05, 4.69) is 20.6 Å². The number of hydrogen-bond acceptors (Lipinski definition) is 5. The first-order valence-corrected chi connectivity index (χ1v) is 6.73. The number of hydrogen-bond donors (Lipinski definition) is 3. The maximum atomic E-state index is 12.0. The minimum Gasteiger partial charge on any atom is -0.320 e. The zero-order valence-corrected chi connectivity index (χ0v) is 12.3. The molecule has 2 aromatic rings. The third-order valence-corrected chi connectivity index (χ3v) is 2.80. The molecule has 0 aromatic carbocycles. The van der Waals surface area contributed by atoms with E-state index in [1.807, 2.05) is 6.92 Å². The number of carbonyl (C=O) groups excluding carboxylic acids is 2. The normalized spacial score (nSPS) is 11.6. The van der Waals surface area contributed by atoms with Gasteiger partial charge in [-0.25, -0.2) is 4.98 Å². The zero-order chi connectivity index (χ0) is 16.1. The molecule has 22 heavy (non-hydrogen) atoms. The van der Waals surface area contributed by atoms with Crippen molar-refractivity contribution in [2.75, 3.05) is 10.6 Å². The number of rotatable bonds is 4. The van der Waals surface area contributed by atoms with E-state index in [0.29, 0.717) is 11.6 Å². The van der Waals surface area contributed by atoms with Crippen molar-refractivity contribution < 1.29 is 9.59 Å². The van der Waals surface area contributed by atoms with Crippen LogP contribution in [0.25, 0.3) is 0 Å². The molecule has 2 amide bonds. The van der Waals surface area contributed by atoms with E-state index in [9.17, 15) is 9.59 Å². The molecule has 0 saturated carbocycles. The zero-order valence-electron chi connectivity index (χ0n) is 12.3. The van der Waals surface area contributed by atoms with Crippen LogP contribution in [0.3, 0.4) is 0 Å². The Bertz CT molecular complexity index is 683. The van der Waals surface area contributed by atoms with Crippen molar-refractivity contribution in [1.29, 1.82) is 0 Å². The van der Waals surface area contributed by atoms with Gasteiger partial charge in [-0.2, -0.15) is 0 Å². The van der Waals surface area contributed by atoms with Crippen LogP contribution in [0.4, 0.5) is 11.6 Å². The summed E-state index contributed by atoms with van der Waals surface area (Å²) >= 11 is 0. The van der Waals surface area contributed by atoms with E-state index in [1.165, 1.54) is 0 Å². The summed E-state index contributed by atoms with van der Waals surface area (Å²) in [5.74, 6) is -0.0915. The Hall–Kier alpha value is -2.80. The van der Waals surface area contributed by atoms with E-state index >= 15 is 0 Å². The van der Waals surface area contributed by atoms with Crippen molar-refractivity contribution in [2.45, 2.75) is 19.9 Å². The summed E-state index contributed by atoms with van der Waals surface area (Å²) in [7, 11) is 0. The average molecular weight is 299 g/mol. The lowest BCUT2D eigenvalue weighted by Crippen LogP contribution is -2.32. The number of nitrogens with one attached hydrogen (secondary N) is 2. The van der Waals surface area contributed by atoms with Gasteiger partial charge in [0.1, 0.15) is 17.3 Å². The highest BCUT2D eigenvalue weighted by Crippen LogP contribution is 2.11. The van der Waals surface area contributed by atoms with E-state index in [0.717, 1.165) is 5.56 Å². The predicted molar refractivity (Wildman–Crippen MR) is 83.4 cm³/mol. The topological polar surface area (TPSA) is 110 Å². The van der Waals surface area contributed by atoms with Gasteiger partial charge in [-0.1, -0.05) is 12.1 Å². The van der Waals surface area contributed by atoms with Crippen LogP contribution in [0.1, 0.15) is 23.0 Å². The van der Waals surface area contributed by atoms with Crippen LogP contribution in [0, 0.1) is 6.92 Å². The first-order chi connectivity index (χ1) is 10.5. The summed E-state index contributed by atoms with van der Waals surface area (Å²) in [4.78, 5) is 31.7. The molecule has 1 atom stereocenters. The fourth-order valence-corrected chi connectivity index (χ4v) is 1.60. The lowest BCUT2D eigenvalue weighted by molar-refractivity contribution is -0.117. The Morgan fingerprint density at radius 3 is 2.41 bits per heavy atom. The monoisotopic (exact) mass is 299 g/mol. The molecule has 1 unspecified atom stereocenters. The Labute approximate surface area is 128 Å². The van der Waals surface area contributed by atoms with Crippen LogP contribution in [0.15, 0.2) is 36.5 Å². The number of amides is 2. The van der Waals surface area contributed by atoms with Crippen molar-refractivity contribution in [3.63, 3.8) is 0 Å². The molecule has 7 nitrogen and oxygen atoms in total. The molecule has 0 aliphatic heterocycles. The lowest BCUT2D eigenvalue weighted by atomic mass is 10.2. The number of nitrogens with two attached hydrogens (primary N) is 1. The van der Waals surface area contributed by atoms with E-state index in [1.54, 1.807) is 43.5 Å². The largest absolute Gasteiger partial charge is 0.320 e. The standard InChI is InChI=1S/C15H17N5O2/c1-9-6-7-11(17-8-9)15(22)20-13-5-3-4-12(18-13)19-14(21)10(2)16/h3-8,10H,16H2,1-2H3,(H2,18,19,20,21,22). The molecule has 2 rings (SSSR count). The summed E-state index contributed by atoms with van der Waals surface area (Å²) < 4.78 is 0. The highest BCUT2D eigenvalue weighted by Gasteiger charge is 2.11. The molecular weight excluding hydrogens is 282 g/mol. The highest BCUT2D eigenvalue weighted by molar-refractivity contribution is 6.02. The Morgan fingerprint density at radius 2 is 1.82 bits per heavy atom. The first-order valence-electron chi connectivity index (χ1n) is 6.73. The van der Waals surface area contributed by atoms with Crippen molar-refractivity contribution in [1.82, 2.24) is 9.97 Å². The third kappa shape index (κ3) is 4.10. The number of nitrogens with zero attached hydrogens (tertiary/aromatic N) is 2. The van der Waals surface area contributed by atoms with Crippen LogP contribution < -0.4 is 16.4 Å². The third-order valence-electron chi connectivity index (χ3n) is 2.80. The van der Waals surface area contributed by atoms with Gasteiger partial charge in [0.25, 0.3) is 5.91 Å². The Kier molecular flexibility index (Phi) is 4.80. The smallest absolute Gasteiger partial charge is 0.275 e. The molecule has 0 aliphatic carbocycles. The molecule has 0 saturated heterocycles. The molecule has 114 valence electrons. The fourth-order valence-electron chi connectivity index (χ4n) is 1.60. The molecule has 0 bridgehead atoms. The molecule has 0 spiro atoms. The minimum absolute atomic E-state index is 0.289. The number of carbonyl (C=O) groups is 2. The van der Waals surface area contributed by atoms with Gasteiger partial charge in [-0.15, -0.1) is 0 Å². The van der Waals surface area contributed by atoms with Crippen LogP contribution in [-0.2, 0) is 4.79 Å². The molecule has 0 radical (unpaired) electrons. The van der Waals surface area contributed by atoms with E-state index in [4.69, 9.17) is 5.73 Å². The van der Waals surface area contributed by atoms with Gasteiger partial charge < -0.3 is 16.4 Å². The Balaban J connectivity index is 2.08. The van der Waals surface area contributed by atoms with Crippen LogP contribution in [0.5, 0.6) is 0 Å². The maximum Gasteiger partial charge on any atom is 0.275 e. The first kappa shape index (κ1) is 15.6. The summed E-state index contributed by atoms with van der Waals surface area (Å²) in [6.45, 7) is 3.46. The summed E-state index contributed by atoms with van der Waals surface area (Å²) in [5, 5.41) is 5.19. The van der Waals surface area contributed by atoms with Crippen molar-refractivity contribution in [2.24, 2.45) is 5.73 Å². The Morgan fingerprint density at radius 1 is 1.14 bits per heavy atom. The predicted octanol–water partition coefficient (Wildman–Crippen LogP) is 1.32. The summed E-state index contributed by atoms with van der Waals surface area (Å²) in [6.07, 6.45) is 1.61. The second-order valence-electron chi connectivity index (χ2n) is 4.86. The summed E-state index contributed by atoms with van der Waals surface area (Å²) in [6, 6.07) is 7.69. The lowest BCUT2D eigenvalue weighted by Gasteiger charge is -2.09. The molecule has 0 aliphatic rings. The van der Waals surface area contributed by atoms with Gasteiger partial charge >= 0.3 is 0 Å². The molecule has 2 heterocycles. The molecule has 0 fully saturated rings. The second kappa shape index (κ2) is 6.77. The number of anilines is 2. The van der Waals surface area contributed by atoms with Crippen molar-refractivity contribution in [3.8, 4) is 0 Å². The van der Waals surface area contributed by atoms with Crippen LogP contribution in [-0.4, -0.2) is 27.8 Å². The van der Waals surface area contributed by atoms with Crippen LogP contribution >= 0.6 is 0 Å². The molecule has 4 N–H and O–H groups in total. The molecule has 7 heteroatoms.